The van der Waals surface area contributed by atoms with E-state index in [-0.39, 0.29) is 6.54 Å². The molecule has 1 N–H and O–H groups in total. The number of carboxylic acid groups (broad SMARTS) is 1. The second kappa shape index (κ2) is 4.28. The number of imidazole rings is 1. The van der Waals surface area contributed by atoms with Gasteiger partial charge in [0.05, 0.1) is 11.5 Å². The van der Waals surface area contributed by atoms with Gasteiger partial charge in [0, 0.05) is 19.4 Å². The Morgan fingerprint density at radius 3 is 2.78 bits per heavy atom. The summed E-state index contributed by atoms with van der Waals surface area (Å²) in [7, 11) is 1.76. The third kappa shape index (κ3) is 2.05. The van der Waals surface area contributed by atoms with E-state index in [1.54, 1.807) is 24.0 Å². The Labute approximate surface area is 100 Å². The molecule has 9 heteroatoms. The van der Waals surface area contributed by atoms with Crippen molar-refractivity contribution in [3.63, 3.8) is 0 Å². The summed E-state index contributed by atoms with van der Waals surface area (Å²) in [5.74, 6) is -0.815. The van der Waals surface area contributed by atoms with Crippen LogP contribution in [0.15, 0.2) is 18.6 Å². The molecule has 2 aromatic heterocycles. The highest BCUT2D eigenvalue weighted by molar-refractivity contribution is 5.89. The maximum Gasteiger partial charge on any atom is 0.363 e. The highest BCUT2D eigenvalue weighted by atomic mass is 16.6. The number of nitro groups is 1. The third-order valence-electron chi connectivity index (χ3n) is 2.37. The van der Waals surface area contributed by atoms with E-state index in [1.807, 2.05) is 0 Å². The molecule has 0 radical (unpaired) electrons. The summed E-state index contributed by atoms with van der Waals surface area (Å²) in [6.07, 6.45) is 4.37. The van der Waals surface area contributed by atoms with Crippen molar-refractivity contribution in [2.45, 2.75) is 6.54 Å². The summed E-state index contributed by atoms with van der Waals surface area (Å²) in [5, 5.41) is 23.2. The second-order valence-corrected chi connectivity index (χ2v) is 3.58. The van der Waals surface area contributed by atoms with Crippen LogP contribution < -0.4 is 0 Å². The first kappa shape index (κ1) is 11.8. The maximum atomic E-state index is 10.8. The van der Waals surface area contributed by atoms with Gasteiger partial charge < -0.3 is 9.67 Å². The molecule has 0 bridgehead atoms. The van der Waals surface area contributed by atoms with Gasteiger partial charge in [-0.25, -0.2) is 9.78 Å². The first-order chi connectivity index (χ1) is 8.49. The molecule has 0 aliphatic carbocycles. The normalized spacial score (nSPS) is 10.5. The van der Waals surface area contributed by atoms with E-state index in [0.717, 1.165) is 6.20 Å². The summed E-state index contributed by atoms with van der Waals surface area (Å²) in [6.45, 7) is 0.164. The average Bonchev–Trinajstić information content (AvgIpc) is 2.87. The summed E-state index contributed by atoms with van der Waals surface area (Å²) < 4.78 is 2.90. The summed E-state index contributed by atoms with van der Waals surface area (Å²) in [6, 6.07) is 0. The van der Waals surface area contributed by atoms with Gasteiger partial charge in [-0.2, -0.15) is 5.10 Å². The van der Waals surface area contributed by atoms with E-state index in [9.17, 15) is 14.9 Å². The Morgan fingerprint density at radius 2 is 2.33 bits per heavy atom. The molecule has 0 amide bonds. The van der Waals surface area contributed by atoms with Gasteiger partial charge >= 0.3 is 11.7 Å². The molecular formula is C9H9N5O4. The number of aromatic carboxylic acids is 1. The molecule has 0 aromatic carbocycles. The number of rotatable bonds is 4. The third-order valence-corrected chi connectivity index (χ3v) is 2.37. The standard InChI is InChI=1S/C9H9N5O4/c1-12-3-2-10-7(12)5-13-4-6(14(17)18)8(11-13)9(15)16/h2-4H,5H2,1H3,(H,15,16). The predicted molar refractivity (Wildman–Crippen MR) is 58.2 cm³/mol. The highest BCUT2D eigenvalue weighted by Crippen LogP contribution is 2.17. The molecule has 0 atom stereocenters. The van der Waals surface area contributed by atoms with Crippen molar-refractivity contribution in [2.24, 2.45) is 7.05 Å². The van der Waals surface area contributed by atoms with Gasteiger partial charge in [-0.05, 0) is 0 Å². The largest absolute Gasteiger partial charge is 0.476 e. The molecule has 0 saturated heterocycles. The Kier molecular flexibility index (Phi) is 2.80. The lowest BCUT2D eigenvalue weighted by atomic mass is 10.4. The van der Waals surface area contributed by atoms with Crippen molar-refractivity contribution < 1.29 is 14.8 Å². The van der Waals surface area contributed by atoms with Crippen molar-refractivity contribution in [3.05, 3.63) is 40.2 Å². The van der Waals surface area contributed by atoms with Crippen LogP contribution in [-0.2, 0) is 13.6 Å². The molecule has 0 spiro atoms. The number of hydrogen-bond donors (Lipinski definition) is 1. The monoisotopic (exact) mass is 251 g/mol. The van der Waals surface area contributed by atoms with Gasteiger partial charge in [0.2, 0.25) is 5.69 Å². The zero-order valence-electron chi connectivity index (χ0n) is 9.35. The fourth-order valence-corrected chi connectivity index (χ4v) is 1.47. The number of aryl methyl sites for hydroxylation is 1. The van der Waals surface area contributed by atoms with Gasteiger partial charge in [-0.3, -0.25) is 14.8 Å². The summed E-state index contributed by atoms with van der Waals surface area (Å²) in [4.78, 5) is 24.7. The zero-order valence-corrected chi connectivity index (χ0v) is 9.35. The minimum atomic E-state index is -1.43. The molecule has 2 aromatic rings. The Hall–Kier alpha value is -2.71. The van der Waals surface area contributed by atoms with Crippen molar-refractivity contribution in [2.75, 3.05) is 0 Å². The van der Waals surface area contributed by atoms with Crippen LogP contribution in [-0.4, -0.2) is 35.3 Å². The van der Waals surface area contributed by atoms with Crippen LogP contribution in [0, 0.1) is 10.1 Å². The second-order valence-electron chi connectivity index (χ2n) is 3.58. The number of carbonyl (C=O) groups is 1. The van der Waals surface area contributed by atoms with Gasteiger partial charge in [-0.15, -0.1) is 0 Å². The van der Waals surface area contributed by atoms with Crippen LogP contribution in [0.4, 0.5) is 5.69 Å². The molecule has 0 unspecified atom stereocenters. The van der Waals surface area contributed by atoms with E-state index >= 15 is 0 Å². The van der Waals surface area contributed by atoms with Crippen LogP contribution in [0.2, 0.25) is 0 Å². The van der Waals surface area contributed by atoms with Gasteiger partial charge in [0.25, 0.3) is 0 Å². The summed E-state index contributed by atoms with van der Waals surface area (Å²) in [5.41, 5.74) is -1.11. The van der Waals surface area contributed by atoms with Gasteiger partial charge in [0.15, 0.2) is 0 Å². The van der Waals surface area contributed by atoms with Gasteiger partial charge in [-0.1, -0.05) is 0 Å². The lowest BCUT2D eigenvalue weighted by Crippen LogP contribution is -2.07. The molecule has 0 saturated carbocycles. The molecule has 2 rings (SSSR count). The number of carboxylic acids is 1. The van der Waals surface area contributed by atoms with Crippen molar-refractivity contribution in [3.8, 4) is 0 Å². The Morgan fingerprint density at radius 1 is 1.61 bits per heavy atom. The SMILES string of the molecule is Cn1ccnc1Cn1cc([N+](=O)[O-])c(C(=O)O)n1. The highest BCUT2D eigenvalue weighted by Gasteiger charge is 2.25. The minimum absolute atomic E-state index is 0.164. The first-order valence-corrected chi connectivity index (χ1v) is 4.90. The van der Waals surface area contributed by atoms with Crippen molar-refractivity contribution in [1.29, 1.82) is 0 Å². The maximum absolute atomic E-state index is 10.8. The molecule has 94 valence electrons. The van der Waals surface area contributed by atoms with Crippen LogP contribution in [0.5, 0.6) is 0 Å². The van der Waals surface area contributed by atoms with Crippen LogP contribution in [0.25, 0.3) is 0 Å². The molecule has 2 heterocycles. The van der Waals surface area contributed by atoms with E-state index < -0.39 is 22.3 Å². The first-order valence-electron chi connectivity index (χ1n) is 4.90. The quantitative estimate of drug-likeness (QED) is 0.615. The molecule has 0 aliphatic rings. The van der Waals surface area contributed by atoms with E-state index in [1.165, 1.54) is 4.68 Å². The predicted octanol–water partition coefficient (Wildman–Crippen LogP) is 0.271. The van der Waals surface area contributed by atoms with E-state index in [0.29, 0.717) is 5.82 Å². The Balaban J connectivity index is 2.36. The van der Waals surface area contributed by atoms with Crippen LogP contribution >= 0.6 is 0 Å². The molecule has 0 aliphatic heterocycles. The molecule has 18 heavy (non-hydrogen) atoms. The summed E-state index contributed by atoms with van der Waals surface area (Å²) >= 11 is 0. The van der Waals surface area contributed by atoms with Gasteiger partial charge in [0.1, 0.15) is 12.0 Å². The number of nitrogens with zero attached hydrogens (tertiary/aromatic N) is 5. The Bertz CT molecular complexity index is 583. The molecular weight excluding hydrogens is 242 g/mol. The van der Waals surface area contributed by atoms with Crippen molar-refractivity contribution >= 4 is 11.7 Å². The number of hydrogen-bond acceptors (Lipinski definition) is 5. The van der Waals surface area contributed by atoms with E-state index in [4.69, 9.17) is 5.11 Å². The fraction of sp³-hybridized carbons (Fsp3) is 0.222. The minimum Gasteiger partial charge on any atom is -0.476 e. The fourth-order valence-electron chi connectivity index (χ4n) is 1.47. The molecule has 0 fully saturated rings. The number of aromatic nitrogens is 4. The average molecular weight is 251 g/mol. The zero-order chi connectivity index (χ0) is 13.3. The molecule has 9 nitrogen and oxygen atoms in total. The van der Waals surface area contributed by atoms with Crippen molar-refractivity contribution in [1.82, 2.24) is 19.3 Å². The van der Waals surface area contributed by atoms with Crippen LogP contribution in [0.1, 0.15) is 16.3 Å². The smallest absolute Gasteiger partial charge is 0.363 e. The van der Waals surface area contributed by atoms with Crippen LogP contribution in [0.3, 0.4) is 0 Å². The lowest BCUT2D eigenvalue weighted by Gasteiger charge is -2.00. The lowest BCUT2D eigenvalue weighted by molar-refractivity contribution is -0.385. The van der Waals surface area contributed by atoms with E-state index in [2.05, 4.69) is 10.1 Å². The topological polar surface area (TPSA) is 116 Å².